The Kier molecular flexibility index (Phi) is 2.83. The van der Waals surface area contributed by atoms with E-state index in [1.807, 2.05) is 27.7 Å². The minimum atomic E-state index is -0.674. The molecule has 0 N–H and O–H groups in total. The molecule has 0 unspecified atom stereocenters. The van der Waals surface area contributed by atoms with Crippen LogP contribution in [0.25, 0.3) is 0 Å². The number of cyclic esters (lactones) is 1. The third-order valence-corrected chi connectivity index (χ3v) is 2.40. The monoisotopic (exact) mass is 200 g/mol. The van der Waals surface area contributed by atoms with Crippen LogP contribution < -0.4 is 0 Å². The molecule has 1 rings (SSSR count). The molecule has 1 fully saturated rings. The van der Waals surface area contributed by atoms with Crippen molar-refractivity contribution in [1.29, 1.82) is 0 Å². The SMILES string of the molecule is C[C@H](OC(=O)[C@@H]1CC(=O)O1)C(C)(C)C. The van der Waals surface area contributed by atoms with E-state index in [4.69, 9.17) is 4.74 Å². The summed E-state index contributed by atoms with van der Waals surface area (Å²) in [4.78, 5) is 21.8. The summed E-state index contributed by atoms with van der Waals surface area (Å²) in [6, 6.07) is 0. The standard InChI is InChI=1S/C10H16O4/c1-6(10(2,3)4)13-9(12)7-5-8(11)14-7/h6-7H,5H2,1-4H3/t6-,7-/m0/s1. The molecule has 0 spiro atoms. The summed E-state index contributed by atoms with van der Waals surface area (Å²) in [5.74, 6) is -0.776. The molecule has 0 aromatic rings. The van der Waals surface area contributed by atoms with Crippen molar-refractivity contribution >= 4 is 11.9 Å². The van der Waals surface area contributed by atoms with E-state index in [9.17, 15) is 9.59 Å². The predicted molar refractivity (Wildman–Crippen MR) is 49.5 cm³/mol. The summed E-state index contributed by atoms with van der Waals surface area (Å²) in [5, 5.41) is 0. The second-order valence-electron chi connectivity index (χ2n) is 4.63. The third-order valence-electron chi connectivity index (χ3n) is 2.40. The fraction of sp³-hybridized carbons (Fsp3) is 0.800. The molecule has 1 heterocycles. The highest BCUT2D eigenvalue weighted by atomic mass is 16.6. The molecule has 1 aliphatic rings. The normalized spacial score (nSPS) is 23.4. The number of carbonyl (C=O) groups excluding carboxylic acids is 2. The van der Waals surface area contributed by atoms with Crippen LogP contribution in [0, 0.1) is 5.41 Å². The number of carbonyl (C=O) groups is 2. The van der Waals surface area contributed by atoms with Crippen LogP contribution in [0.15, 0.2) is 0 Å². The Hall–Kier alpha value is -1.06. The van der Waals surface area contributed by atoms with Gasteiger partial charge in [-0.2, -0.15) is 0 Å². The summed E-state index contributed by atoms with van der Waals surface area (Å²) >= 11 is 0. The van der Waals surface area contributed by atoms with Gasteiger partial charge in [-0.25, -0.2) is 4.79 Å². The molecule has 4 heteroatoms. The van der Waals surface area contributed by atoms with Gasteiger partial charge in [-0.05, 0) is 12.3 Å². The maximum atomic E-state index is 11.3. The molecule has 0 radical (unpaired) electrons. The minimum Gasteiger partial charge on any atom is -0.459 e. The fourth-order valence-corrected chi connectivity index (χ4v) is 0.859. The van der Waals surface area contributed by atoms with E-state index in [-0.39, 0.29) is 23.9 Å². The molecule has 0 bridgehead atoms. The second kappa shape index (κ2) is 3.59. The Balaban J connectivity index is 2.38. The third kappa shape index (κ3) is 2.47. The Morgan fingerprint density at radius 1 is 1.57 bits per heavy atom. The van der Waals surface area contributed by atoms with E-state index in [0.717, 1.165) is 0 Å². The van der Waals surface area contributed by atoms with Gasteiger partial charge in [0.1, 0.15) is 6.10 Å². The van der Waals surface area contributed by atoms with Gasteiger partial charge in [0.15, 0.2) is 0 Å². The summed E-state index contributed by atoms with van der Waals surface area (Å²) in [7, 11) is 0. The second-order valence-corrected chi connectivity index (χ2v) is 4.63. The van der Waals surface area contributed by atoms with Crippen LogP contribution in [0.4, 0.5) is 0 Å². The summed E-state index contributed by atoms with van der Waals surface area (Å²) in [6.45, 7) is 7.78. The van der Waals surface area contributed by atoms with Gasteiger partial charge in [0.2, 0.25) is 6.10 Å². The summed E-state index contributed by atoms with van der Waals surface area (Å²) in [6.07, 6.45) is -0.711. The van der Waals surface area contributed by atoms with Gasteiger partial charge in [-0.1, -0.05) is 20.8 Å². The van der Waals surface area contributed by atoms with Crippen LogP contribution in [0.5, 0.6) is 0 Å². The number of esters is 2. The Morgan fingerprint density at radius 2 is 2.07 bits per heavy atom. The van der Waals surface area contributed by atoms with Crippen LogP contribution >= 0.6 is 0 Å². The zero-order valence-electron chi connectivity index (χ0n) is 8.99. The van der Waals surface area contributed by atoms with Crippen molar-refractivity contribution in [2.45, 2.75) is 46.3 Å². The zero-order chi connectivity index (χ0) is 10.9. The van der Waals surface area contributed by atoms with Gasteiger partial charge in [-0.15, -0.1) is 0 Å². The lowest BCUT2D eigenvalue weighted by molar-refractivity contribution is -0.190. The van der Waals surface area contributed by atoms with Crippen molar-refractivity contribution in [2.24, 2.45) is 5.41 Å². The first-order valence-electron chi connectivity index (χ1n) is 4.70. The van der Waals surface area contributed by atoms with Gasteiger partial charge >= 0.3 is 11.9 Å². The van der Waals surface area contributed by atoms with Gasteiger partial charge in [0, 0.05) is 0 Å². The summed E-state index contributed by atoms with van der Waals surface area (Å²) in [5.41, 5.74) is -0.0938. The Labute approximate surface area is 83.6 Å². The van der Waals surface area contributed by atoms with Gasteiger partial charge in [0.25, 0.3) is 0 Å². The van der Waals surface area contributed by atoms with E-state index in [1.54, 1.807) is 0 Å². The minimum absolute atomic E-state index is 0.0938. The average molecular weight is 200 g/mol. The first kappa shape index (κ1) is 11.0. The highest BCUT2D eigenvalue weighted by Gasteiger charge is 2.38. The summed E-state index contributed by atoms with van der Waals surface area (Å²) < 4.78 is 9.75. The van der Waals surface area contributed by atoms with Gasteiger partial charge in [0.05, 0.1) is 6.42 Å². The number of hydrogen-bond acceptors (Lipinski definition) is 4. The Bertz CT molecular complexity index is 243. The molecule has 0 aromatic carbocycles. The van der Waals surface area contributed by atoms with Gasteiger partial charge in [-0.3, -0.25) is 4.79 Å². The molecule has 1 saturated heterocycles. The highest BCUT2D eigenvalue weighted by molar-refractivity contribution is 5.89. The predicted octanol–water partition coefficient (Wildman–Crippen LogP) is 1.28. The van der Waals surface area contributed by atoms with E-state index in [2.05, 4.69) is 4.74 Å². The van der Waals surface area contributed by atoms with E-state index in [0.29, 0.717) is 0 Å². The average Bonchev–Trinajstić information content (AvgIpc) is 1.96. The first-order valence-corrected chi connectivity index (χ1v) is 4.70. The van der Waals surface area contributed by atoms with Crippen molar-refractivity contribution in [3.05, 3.63) is 0 Å². The van der Waals surface area contributed by atoms with Crippen LogP contribution in [0.2, 0.25) is 0 Å². The quantitative estimate of drug-likeness (QED) is 0.630. The van der Waals surface area contributed by atoms with Crippen molar-refractivity contribution in [3.8, 4) is 0 Å². The van der Waals surface area contributed by atoms with E-state index < -0.39 is 12.1 Å². The zero-order valence-corrected chi connectivity index (χ0v) is 8.99. The number of rotatable bonds is 2. The van der Waals surface area contributed by atoms with Crippen molar-refractivity contribution in [2.75, 3.05) is 0 Å². The van der Waals surface area contributed by atoms with Gasteiger partial charge < -0.3 is 9.47 Å². The highest BCUT2D eigenvalue weighted by Crippen LogP contribution is 2.24. The molecule has 0 aliphatic carbocycles. The lowest BCUT2D eigenvalue weighted by atomic mass is 9.90. The van der Waals surface area contributed by atoms with Crippen LogP contribution in [-0.2, 0) is 19.1 Å². The largest absolute Gasteiger partial charge is 0.459 e. The van der Waals surface area contributed by atoms with Crippen molar-refractivity contribution in [1.82, 2.24) is 0 Å². The Morgan fingerprint density at radius 3 is 2.43 bits per heavy atom. The molecule has 14 heavy (non-hydrogen) atoms. The maximum Gasteiger partial charge on any atom is 0.348 e. The fourth-order valence-electron chi connectivity index (χ4n) is 0.859. The first-order chi connectivity index (χ1) is 6.30. The van der Waals surface area contributed by atoms with Crippen LogP contribution in [-0.4, -0.2) is 24.1 Å². The molecule has 4 nitrogen and oxygen atoms in total. The molecule has 80 valence electrons. The van der Waals surface area contributed by atoms with Crippen LogP contribution in [0.3, 0.4) is 0 Å². The lowest BCUT2D eigenvalue weighted by Crippen LogP contribution is -2.43. The molecule has 0 saturated carbocycles. The molecule has 0 amide bonds. The topological polar surface area (TPSA) is 52.6 Å². The smallest absolute Gasteiger partial charge is 0.348 e. The van der Waals surface area contributed by atoms with Crippen molar-refractivity contribution in [3.63, 3.8) is 0 Å². The van der Waals surface area contributed by atoms with E-state index >= 15 is 0 Å². The molecule has 0 aromatic heterocycles. The van der Waals surface area contributed by atoms with E-state index in [1.165, 1.54) is 0 Å². The van der Waals surface area contributed by atoms with Crippen LogP contribution in [0.1, 0.15) is 34.1 Å². The lowest BCUT2D eigenvalue weighted by Gasteiger charge is -2.30. The molecular formula is C10H16O4. The maximum absolute atomic E-state index is 11.3. The molecule has 2 atom stereocenters. The van der Waals surface area contributed by atoms with Crippen molar-refractivity contribution < 1.29 is 19.1 Å². The number of hydrogen-bond donors (Lipinski definition) is 0. The number of ether oxygens (including phenoxy) is 2. The molecular weight excluding hydrogens is 184 g/mol. The molecule has 1 aliphatic heterocycles.